The van der Waals surface area contributed by atoms with Gasteiger partial charge in [0.15, 0.2) is 0 Å². The summed E-state index contributed by atoms with van der Waals surface area (Å²) in [5.74, 6) is 1.25. The maximum absolute atomic E-state index is 5.18. The van der Waals surface area contributed by atoms with Gasteiger partial charge < -0.3 is 9.84 Å². The van der Waals surface area contributed by atoms with Crippen molar-refractivity contribution in [1.29, 1.82) is 0 Å². The number of hydrogen-bond acceptors (Lipinski definition) is 5. The molecule has 90 valence electrons. The fourth-order valence-corrected chi connectivity index (χ4v) is 1.60. The van der Waals surface area contributed by atoms with E-state index >= 15 is 0 Å². The molecule has 0 aliphatic heterocycles. The largest absolute Gasteiger partial charge is 0.338 e. The number of nitrogens with zero attached hydrogens (tertiary/aromatic N) is 3. The van der Waals surface area contributed by atoms with Crippen molar-refractivity contribution in [3.8, 4) is 11.4 Å². The van der Waals surface area contributed by atoms with Crippen molar-refractivity contribution in [1.82, 2.24) is 20.4 Å². The standard InChI is InChI=1S/C12H16N4O/c1-3-9-7-14-6-5-10(9)12-15-11(17-16-12)8-13-4-2/h5-7,13H,3-4,8H2,1-2H3. The number of aryl methyl sites for hydroxylation is 1. The van der Waals surface area contributed by atoms with Crippen LogP contribution in [0, 0.1) is 0 Å². The fourth-order valence-electron chi connectivity index (χ4n) is 1.60. The predicted octanol–water partition coefficient (Wildman–Crippen LogP) is 1.80. The minimum atomic E-state index is 0.607. The van der Waals surface area contributed by atoms with Gasteiger partial charge in [0.1, 0.15) is 0 Å². The van der Waals surface area contributed by atoms with E-state index in [0.717, 1.165) is 24.1 Å². The number of pyridine rings is 1. The maximum Gasteiger partial charge on any atom is 0.240 e. The summed E-state index contributed by atoms with van der Waals surface area (Å²) in [5.41, 5.74) is 2.12. The first-order valence-electron chi connectivity index (χ1n) is 5.81. The summed E-state index contributed by atoms with van der Waals surface area (Å²) in [6.45, 7) is 5.61. The lowest BCUT2D eigenvalue weighted by atomic mass is 10.1. The Labute approximate surface area is 100 Å². The predicted molar refractivity (Wildman–Crippen MR) is 64.3 cm³/mol. The summed E-state index contributed by atoms with van der Waals surface area (Å²) < 4.78 is 5.18. The number of aromatic nitrogens is 3. The normalized spacial score (nSPS) is 10.7. The van der Waals surface area contributed by atoms with Crippen LogP contribution in [0.4, 0.5) is 0 Å². The van der Waals surface area contributed by atoms with Crippen LogP contribution in [-0.2, 0) is 13.0 Å². The third-order valence-electron chi connectivity index (χ3n) is 2.52. The highest BCUT2D eigenvalue weighted by molar-refractivity contribution is 5.58. The van der Waals surface area contributed by atoms with E-state index < -0.39 is 0 Å². The van der Waals surface area contributed by atoms with Crippen molar-refractivity contribution < 1.29 is 4.52 Å². The second-order valence-electron chi connectivity index (χ2n) is 3.68. The molecule has 1 N–H and O–H groups in total. The third kappa shape index (κ3) is 2.68. The molecule has 0 amide bonds. The average Bonchev–Trinajstić information content (AvgIpc) is 2.85. The van der Waals surface area contributed by atoms with Gasteiger partial charge in [-0.2, -0.15) is 4.98 Å². The molecule has 0 aliphatic carbocycles. The minimum absolute atomic E-state index is 0.607. The van der Waals surface area contributed by atoms with Gasteiger partial charge in [-0.3, -0.25) is 4.98 Å². The van der Waals surface area contributed by atoms with E-state index in [1.54, 1.807) is 6.20 Å². The molecular weight excluding hydrogens is 216 g/mol. The molecule has 2 heterocycles. The SMILES string of the molecule is CCNCc1nc(-c2ccncc2CC)no1. The number of nitrogens with one attached hydrogen (secondary N) is 1. The highest BCUT2D eigenvalue weighted by atomic mass is 16.5. The van der Waals surface area contributed by atoms with Gasteiger partial charge in [-0.25, -0.2) is 0 Å². The molecule has 2 rings (SSSR count). The minimum Gasteiger partial charge on any atom is -0.338 e. The first-order chi connectivity index (χ1) is 8.35. The molecule has 2 aromatic rings. The molecule has 5 heteroatoms. The van der Waals surface area contributed by atoms with Gasteiger partial charge in [-0.05, 0) is 24.6 Å². The van der Waals surface area contributed by atoms with Crippen LogP contribution in [0.2, 0.25) is 0 Å². The van der Waals surface area contributed by atoms with Crippen LogP contribution in [0.1, 0.15) is 25.3 Å². The zero-order valence-corrected chi connectivity index (χ0v) is 10.1. The van der Waals surface area contributed by atoms with Crippen molar-refractivity contribution in [2.24, 2.45) is 0 Å². The molecule has 0 radical (unpaired) electrons. The van der Waals surface area contributed by atoms with E-state index in [9.17, 15) is 0 Å². The summed E-state index contributed by atoms with van der Waals surface area (Å²) >= 11 is 0. The Morgan fingerprint density at radius 3 is 3.00 bits per heavy atom. The fraction of sp³-hybridized carbons (Fsp3) is 0.417. The highest BCUT2D eigenvalue weighted by Gasteiger charge is 2.11. The molecule has 0 atom stereocenters. The summed E-state index contributed by atoms with van der Waals surface area (Å²) in [7, 11) is 0. The van der Waals surface area contributed by atoms with E-state index in [-0.39, 0.29) is 0 Å². The van der Waals surface area contributed by atoms with E-state index in [2.05, 4.69) is 27.4 Å². The zero-order valence-electron chi connectivity index (χ0n) is 10.1. The van der Waals surface area contributed by atoms with Gasteiger partial charge in [0.2, 0.25) is 11.7 Å². The molecule has 0 saturated carbocycles. The Morgan fingerprint density at radius 2 is 2.24 bits per heavy atom. The third-order valence-corrected chi connectivity index (χ3v) is 2.52. The maximum atomic E-state index is 5.18. The lowest BCUT2D eigenvalue weighted by Crippen LogP contribution is -2.11. The van der Waals surface area contributed by atoms with Crippen molar-refractivity contribution in [2.45, 2.75) is 26.8 Å². The van der Waals surface area contributed by atoms with Crippen LogP contribution in [0.15, 0.2) is 23.0 Å². The summed E-state index contributed by atoms with van der Waals surface area (Å²) in [4.78, 5) is 8.46. The van der Waals surface area contributed by atoms with E-state index in [1.165, 1.54) is 0 Å². The van der Waals surface area contributed by atoms with E-state index in [4.69, 9.17) is 4.52 Å². The second-order valence-corrected chi connectivity index (χ2v) is 3.68. The van der Waals surface area contributed by atoms with Crippen molar-refractivity contribution in [3.63, 3.8) is 0 Å². The monoisotopic (exact) mass is 232 g/mol. The van der Waals surface area contributed by atoms with Crippen molar-refractivity contribution >= 4 is 0 Å². The van der Waals surface area contributed by atoms with E-state index in [0.29, 0.717) is 18.3 Å². The first kappa shape index (κ1) is 11.7. The molecule has 17 heavy (non-hydrogen) atoms. The van der Waals surface area contributed by atoms with Crippen LogP contribution >= 0.6 is 0 Å². The highest BCUT2D eigenvalue weighted by Crippen LogP contribution is 2.20. The van der Waals surface area contributed by atoms with Crippen LogP contribution in [0.5, 0.6) is 0 Å². The summed E-state index contributed by atoms with van der Waals surface area (Å²) in [6, 6.07) is 1.92. The summed E-state index contributed by atoms with van der Waals surface area (Å²) in [6.07, 6.45) is 4.49. The van der Waals surface area contributed by atoms with E-state index in [1.807, 2.05) is 19.2 Å². The van der Waals surface area contributed by atoms with Gasteiger partial charge in [-0.15, -0.1) is 0 Å². The molecule has 0 unspecified atom stereocenters. The van der Waals surface area contributed by atoms with Gasteiger partial charge in [0.25, 0.3) is 0 Å². The van der Waals surface area contributed by atoms with Crippen LogP contribution in [0.25, 0.3) is 11.4 Å². The molecule has 0 fully saturated rings. The quantitative estimate of drug-likeness (QED) is 0.851. The molecule has 0 saturated heterocycles. The molecule has 0 spiro atoms. The smallest absolute Gasteiger partial charge is 0.240 e. The molecule has 0 aromatic carbocycles. The molecule has 5 nitrogen and oxygen atoms in total. The number of rotatable bonds is 5. The Bertz CT molecular complexity index is 481. The van der Waals surface area contributed by atoms with Gasteiger partial charge in [-0.1, -0.05) is 19.0 Å². The summed E-state index contributed by atoms with van der Waals surface area (Å²) in [5, 5.41) is 7.14. The first-order valence-corrected chi connectivity index (χ1v) is 5.81. The van der Waals surface area contributed by atoms with Gasteiger partial charge >= 0.3 is 0 Å². The van der Waals surface area contributed by atoms with Crippen LogP contribution < -0.4 is 5.32 Å². The Hall–Kier alpha value is -1.75. The Balaban J connectivity index is 2.24. The molecule has 2 aromatic heterocycles. The molecular formula is C12H16N4O. The molecule has 0 bridgehead atoms. The lowest BCUT2D eigenvalue weighted by molar-refractivity contribution is 0.369. The van der Waals surface area contributed by atoms with Crippen LogP contribution in [-0.4, -0.2) is 21.7 Å². The zero-order chi connectivity index (χ0) is 12.1. The van der Waals surface area contributed by atoms with Crippen molar-refractivity contribution in [3.05, 3.63) is 29.9 Å². The number of hydrogen-bond donors (Lipinski definition) is 1. The topological polar surface area (TPSA) is 63.8 Å². The lowest BCUT2D eigenvalue weighted by Gasteiger charge is -2.00. The Morgan fingerprint density at radius 1 is 1.35 bits per heavy atom. The van der Waals surface area contributed by atoms with Gasteiger partial charge in [0.05, 0.1) is 6.54 Å². The van der Waals surface area contributed by atoms with Crippen LogP contribution in [0.3, 0.4) is 0 Å². The average molecular weight is 232 g/mol. The van der Waals surface area contributed by atoms with Gasteiger partial charge in [0, 0.05) is 18.0 Å². The van der Waals surface area contributed by atoms with Crippen molar-refractivity contribution in [2.75, 3.05) is 6.54 Å². The Kier molecular flexibility index (Phi) is 3.82. The second kappa shape index (κ2) is 5.54. The molecule has 0 aliphatic rings.